The minimum absolute atomic E-state index is 0.191. The Hall–Kier alpha value is -3.12. The third kappa shape index (κ3) is 3.07. The molecule has 0 aliphatic rings. The molecule has 0 bridgehead atoms. The van der Waals surface area contributed by atoms with Crippen LogP contribution in [-0.4, -0.2) is 33.9 Å². The van der Waals surface area contributed by atoms with Crippen LogP contribution in [0.4, 0.5) is 5.69 Å². The lowest BCUT2D eigenvalue weighted by atomic mass is 10.0. The summed E-state index contributed by atoms with van der Waals surface area (Å²) < 4.78 is 7.50. The van der Waals surface area contributed by atoms with E-state index in [0.717, 1.165) is 16.8 Å². The third-order valence-corrected chi connectivity index (χ3v) is 4.21. The number of aromatic nitrogens is 4. The zero-order valence-corrected chi connectivity index (χ0v) is 15.1. The first-order chi connectivity index (χ1) is 12.6. The highest BCUT2D eigenvalue weighted by molar-refractivity contribution is 6.28. The van der Waals surface area contributed by atoms with Crippen molar-refractivity contribution in [2.45, 2.75) is 0 Å². The van der Waals surface area contributed by atoms with Gasteiger partial charge in [-0.15, -0.1) is 15.3 Å². The molecule has 4 rings (SSSR count). The summed E-state index contributed by atoms with van der Waals surface area (Å²) in [5, 5.41) is 12.3. The lowest BCUT2D eigenvalue weighted by Gasteiger charge is -2.17. The van der Waals surface area contributed by atoms with Crippen LogP contribution in [0.3, 0.4) is 0 Å². The Bertz CT molecular complexity index is 1060. The average molecular weight is 366 g/mol. The van der Waals surface area contributed by atoms with Crippen LogP contribution < -0.4 is 9.64 Å². The van der Waals surface area contributed by atoms with Crippen LogP contribution >= 0.6 is 11.6 Å². The van der Waals surface area contributed by atoms with E-state index in [-0.39, 0.29) is 5.28 Å². The van der Waals surface area contributed by atoms with Gasteiger partial charge in [0.05, 0.1) is 0 Å². The maximum Gasteiger partial charge on any atom is 0.246 e. The van der Waals surface area contributed by atoms with Gasteiger partial charge < -0.3 is 9.64 Å². The van der Waals surface area contributed by atoms with E-state index in [1.54, 1.807) is 12.1 Å². The second kappa shape index (κ2) is 6.65. The van der Waals surface area contributed by atoms with Crippen LogP contribution in [0.1, 0.15) is 0 Å². The number of fused-ring (bicyclic) bond motifs is 1. The molecule has 0 unspecified atom stereocenters. The van der Waals surface area contributed by atoms with Gasteiger partial charge in [0.1, 0.15) is 5.75 Å². The highest BCUT2D eigenvalue weighted by Gasteiger charge is 2.12. The summed E-state index contributed by atoms with van der Waals surface area (Å²) in [7, 11) is 4.02. The smallest absolute Gasteiger partial charge is 0.246 e. The fourth-order valence-electron chi connectivity index (χ4n) is 2.64. The predicted octanol–water partition coefficient (Wildman–Crippen LogP) is 4.30. The summed E-state index contributed by atoms with van der Waals surface area (Å²) in [5.74, 6) is 1.12. The van der Waals surface area contributed by atoms with E-state index < -0.39 is 0 Å². The number of ether oxygens (including phenoxy) is 1. The zero-order chi connectivity index (χ0) is 18.1. The molecule has 130 valence electrons. The van der Waals surface area contributed by atoms with Gasteiger partial charge in [-0.05, 0) is 41.4 Å². The molecular weight excluding hydrogens is 350 g/mol. The van der Waals surface area contributed by atoms with Crippen molar-refractivity contribution in [3.05, 3.63) is 65.9 Å². The van der Waals surface area contributed by atoms with E-state index in [4.69, 9.17) is 16.3 Å². The summed E-state index contributed by atoms with van der Waals surface area (Å²) >= 11 is 6.00. The molecular formula is C19H16ClN5O. The number of hydrogen-bond donors (Lipinski definition) is 0. The van der Waals surface area contributed by atoms with Crippen molar-refractivity contribution < 1.29 is 4.74 Å². The minimum atomic E-state index is 0.191. The molecule has 0 aliphatic heterocycles. The maximum atomic E-state index is 6.07. The van der Waals surface area contributed by atoms with Gasteiger partial charge in [-0.25, -0.2) is 0 Å². The number of anilines is 1. The van der Waals surface area contributed by atoms with E-state index in [0.29, 0.717) is 17.3 Å². The van der Waals surface area contributed by atoms with Gasteiger partial charge in [-0.2, -0.15) is 4.52 Å². The van der Waals surface area contributed by atoms with Crippen LogP contribution in [0, 0.1) is 0 Å². The van der Waals surface area contributed by atoms with E-state index in [1.165, 1.54) is 4.52 Å². The molecule has 2 aromatic heterocycles. The Morgan fingerprint density at radius 2 is 1.77 bits per heavy atom. The van der Waals surface area contributed by atoms with Crippen LogP contribution in [0.25, 0.3) is 16.8 Å². The topological polar surface area (TPSA) is 55.5 Å². The second-order valence-electron chi connectivity index (χ2n) is 5.95. The van der Waals surface area contributed by atoms with Crippen molar-refractivity contribution in [1.29, 1.82) is 0 Å². The fourth-order valence-corrected chi connectivity index (χ4v) is 2.80. The van der Waals surface area contributed by atoms with Crippen molar-refractivity contribution in [2.24, 2.45) is 0 Å². The molecule has 0 N–H and O–H groups in total. The van der Waals surface area contributed by atoms with Gasteiger partial charge in [0.15, 0.2) is 5.65 Å². The summed E-state index contributed by atoms with van der Waals surface area (Å²) in [6.45, 7) is 0. The molecule has 0 atom stereocenters. The molecule has 4 aromatic rings. The Morgan fingerprint density at radius 3 is 2.54 bits per heavy atom. The van der Waals surface area contributed by atoms with Crippen molar-refractivity contribution in [1.82, 2.24) is 19.8 Å². The zero-order valence-electron chi connectivity index (χ0n) is 14.3. The molecule has 6 nitrogen and oxygen atoms in total. The minimum Gasteiger partial charge on any atom is -0.437 e. The first-order valence-corrected chi connectivity index (χ1v) is 8.42. The van der Waals surface area contributed by atoms with Crippen molar-refractivity contribution in [3.63, 3.8) is 0 Å². The van der Waals surface area contributed by atoms with Gasteiger partial charge in [0.2, 0.25) is 11.2 Å². The predicted molar refractivity (Wildman–Crippen MR) is 102 cm³/mol. The van der Waals surface area contributed by atoms with E-state index in [2.05, 4.69) is 38.4 Å². The molecule has 0 aliphatic carbocycles. The monoisotopic (exact) mass is 365 g/mol. The Labute approximate surface area is 155 Å². The Morgan fingerprint density at radius 1 is 0.962 bits per heavy atom. The lowest BCUT2D eigenvalue weighted by Crippen LogP contribution is -2.08. The van der Waals surface area contributed by atoms with Crippen LogP contribution in [0.2, 0.25) is 5.28 Å². The Balaban J connectivity index is 1.78. The summed E-state index contributed by atoms with van der Waals surface area (Å²) in [6, 6.07) is 19.6. The van der Waals surface area contributed by atoms with Gasteiger partial charge in [-0.3, -0.25) is 0 Å². The number of benzene rings is 2. The SMILES string of the molecule is CN(C)c1ccc(Oc2ccc3nnc(Cl)n3n2)c(-c2ccccc2)c1. The quantitative estimate of drug-likeness (QED) is 0.539. The van der Waals surface area contributed by atoms with Crippen LogP contribution in [-0.2, 0) is 0 Å². The normalized spacial score (nSPS) is 10.9. The molecule has 0 fully saturated rings. The van der Waals surface area contributed by atoms with Gasteiger partial charge >= 0.3 is 0 Å². The number of rotatable bonds is 4. The molecule has 0 saturated carbocycles. The third-order valence-electron chi connectivity index (χ3n) is 3.98. The average Bonchev–Trinajstić information content (AvgIpc) is 3.03. The van der Waals surface area contributed by atoms with Crippen molar-refractivity contribution in [3.8, 4) is 22.8 Å². The van der Waals surface area contributed by atoms with Gasteiger partial charge in [0, 0.05) is 31.4 Å². The van der Waals surface area contributed by atoms with Gasteiger partial charge in [0.25, 0.3) is 0 Å². The first-order valence-electron chi connectivity index (χ1n) is 8.04. The molecule has 2 aromatic carbocycles. The molecule has 2 heterocycles. The maximum absolute atomic E-state index is 6.07. The van der Waals surface area contributed by atoms with Crippen molar-refractivity contribution >= 4 is 22.9 Å². The second-order valence-corrected chi connectivity index (χ2v) is 6.29. The standard InChI is InChI=1S/C19H16ClN5O/c1-24(2)14-8-9-16(15(12-14)13-6-4-3-5-7-13)26-18-11-10-17-21-22-19(20)25(17)23-18/h3-12H,1-2H3. The summed E-state index contributed by atoms with van der Waals surface area (Å²) in [5.41, 5.74) is 3.69. The lowest BCUT2D eigenvalue weighted by molar-refractivity contribution is 0.454. The molecule has 7 heteroatoms. The highest BCUT2D eigenvalue weighted by Crippen LogP contribution is 2.35. The molecule has 26 heavy (non-hydrogen) atoms. The number of hydrogen-bond acceptors (Lipinski definition) is 5. The van der Waals surface area contributed by atoms with E-state index >= 15 is 0 Å². The summed E-state index contributed by atoms with van der Waals surface area (Å²) in [6.07, 6.45) is 0. The highest BCUT2D eigenvalue weighted by atomic mass is 35.5. The first kappa shape index (κ1) is 16.4. The summed E-state index contributed by atoms with van der Waals surface area (Å²) in [4.78, 5) is 2.05. The van der Waals surface area contributed by atoms with E-state index in [1.807, 2.05) is 44.4 Å². The fraction of sp³-hybridized carbons (Fsp3) is 0.105. The van der Waals surface area contributed by atoms with Crippen LogP contribution in [0.5, 0.6) is 11.6 Å². The van der Waals surface area contributed by atoms with E-state index in [9.17, 15) is 0 Å². The molecule has 0 spiro atoms. The number of nitrogens with zero attached hydrogens (tertiary/aromatic N) is 5. The van der Waals surface area contributed by atoms with Crippen LogP contribution in [0.15, 0.2) is 60.7 Å². The largest absolute Gasteiger partial charge is 0.437 e. The molecule has 0 amide bonds. The molecule has 0 radical (unpaired) electrons. The van der Waals surface area contributed by atoms with Crippen molar-refractivity contribution in [2.75, 3.05) is 19.0 Å². The molecule has 0 saturated heterocycles. The Kier molecular flexibility index (Phi) is 4.18. The number of halogens is 1. The van der Waals surface area contributed by atoms with Gasteiger partial charge in [-0.1, -0.05) is 30.3 Å².